The second kappa shape index (κ2) is 5.34. The molecule has 2 aliphatic heterocycles. The Balaban J connectivity index is 1.88. The van der Waals surface area contributed by atoms with Crippen molar-refractivity contribution in [3.05, 3.63) is 44.8 Å². The molecule has 1 unspecified atom stereocenters. The molecule has 1 aromatic heterocycles. The molecule has 0 bridgehead atoms. The predicted octanol–water partition coefficient (Wildman–Crippen LogP) is 2.33. The molecule has 0 radical (unpaired) electrons. The summed E-state index contributed by atoms with van der Waals surface area (Å²) in [5, 5.41) is 12.1. The second-order valence-corrected chi connectivity index (χ2v) is 6.14. The van der Waals surface area contributed by atoms with Gasteiger partial charge in [-0.3, -0.25) is 15.0 Å². The van der Waals surface area contributed by atoms with Crippen molar-refractivity contribution >= 4 is 22.3 Å². The van der Waals surface area contributed by atoms with Gasteiger partial charge in [-0.15, -0.1) is 0 Å². The van der Waals surface area contributed by atoms with Gasteiger partial charge in [0.2, 0.25) is 0 Å². The minimum absolute atomic E-state index is 0.390. The van der Waals surface area contributed by atoms with Gasteiger partial charge in [-0.1, -0.05) is 12.1 Å². The van der Waals surface area contributed by atoms with Crippen LogP contribution in [0.4, 0.5) is 11.4 Å². The summed E-state index contributed by atoms with van der Waals surface area (Å²) in [4.78, 5) is 27.3. The number of para-hydroxylation sites is 1. The third kappa shape index (κ3) is 2.28. The van der Waals surface area contributed by atoms with Crippen LogP contribution < -0.4 is 10.5 Å². The highest BCUT2D eigenvalue weighted by Gasteiger charge is 2.35. The van der Waals surface area contributed by atoms with Gasteiger partial charge in [-0.05, 0) is 31.4 Å². The molecule has 4 rings (SSSR count). The van der Waals surface area contributed by atoms with Crippen LogP contribution in [0.15, 0.2) is 33.5 Å². The van der Waals surface area contributed by atoms with Crippen LogP contribution in [0, 0.1) is 10.1 Å². The highest BCUT2D eigenvalue weighted by Crippen LogP contribution is 2.36. The van der Waals surface area contributed by atoms with E-state index in [0.717, 1.165) is 25.9 Å². The third-order valence-corrected chi connectivity index (χ3v) is 4.84. The summed E-state index contributed by atoms with van der Waals surface area (Å²) in [5.41, 5.74) is -0.553. The Hall–Kier alpha value is -2.41. The average molecular weight is 315 g/mol. The summed E-state index contributed by atoms with van der Waals surface area (Å²) in [6.07, 6.45) is 3.32. The molecule has 0 amide bonds. The number of nitrogens with zero attached hydrogens (tertiary/aromatic N) is 3. The lowest BCUT2D eigenvalue weighted by Crippen LogP contribution is -2.48. The summed E-state index contributed by atoms with van der Waals surface area (Å²) in [6, 6.07) is 7.58. The van der Waals surface area contributed by atoms with Gasteiger partial charge in [0.05, 0.1) is 11.6 Å². The molecule has 23 heavy (non-hydrogen) atoms. The molecule has 1 atom stereocenters. The fourth-order valence-electron chi connectivity index (χ4n) is 3.79. The molecule has 0 spiro atoms. The molecule has 0 saturated carbocycles. The van der Waals surface area contributed by atoms with Crippen molar-refractivity contribution in [3.63, 3.8) is 0 Å². The van der Waals surface area contributed by atoms with E-state index in [4.69, 9.17) is 4.42 Å². The van der Waals surface area contributed by atoms with E-state index in [9.17, 15) is 14.9 Å². The summed E-state index contributed by atoms with van der Waals surface area (Å²) in [7, 11) is 0. The molecule has 2 saturated heterocycles. The van der Waals surface area contributed by atoms with Gasteiger partial charge in [0.15, 0.2) is 0 Å². The number of hydrogen-bond donors (Lipinski definition) is 0. The first-order valence-corrected chi connectivity index (χ1v) is 7.84. The van der Waals surface area contributed by atoms with E-state index in [1.165, 1.54) is 6.42 Å². The average Bonchev–Trinajstić information content (AvgIpc) is 3.00. The molecular weight excluding hydrogens is 298 g/mol. The van der Waals surface area contributed by atoms with E-state index in [-0.39, 0.29) is 0 Å². The van der Waals surface area contributed by atoms with Crippen molar-refractivity contribution in [2.75, 3.05) is 24.7 Å². The van der Waals surface area contributed by atoms with Crippen LogP contribution in [0.25, 0.3) is 11.0 Å². The van der Waals surface area contributed by atoms with Crippen LogP contribution in [0.2, 0.25) is 0 Å². The molecule has 0 aliphatic carbocycles. The molecule has 0 N–H and O–H groups in total. The number of nitro groups is 1. The summed E-state index contributed by atoms with van der Waals surface area (Å²) in [6.45, 7) is 2.35. The van der Waals surface area contributed by atoms with E-state index in [2.05, 4.69) is 4.90 Å². The first-order valence-electron chi connectivity index (χ1n) is 7.84. The molecule has 2 aromatic rings. The van der Waals surface area contributed by atoms with Gasteiger partial charge in [-0.25, -0.2) is 4.79 Å². The first-order chi connectivity index (χ1) is 11.1. The molecule has 7 nitrogen and oxygen atoms in total. The Morgan fingerprint density at radius 2 is 2.04 bits per heavy atom. The Labute approximate surface area is 132 Å². The van der Waals surface area contributed by atoms with Gasteiger partial charge in [0.25, 0.3) is 0 Å². The second-order valence-electron chi connectivity index (χ2n) is 6.14. The van der Waals surface area contributed by atoms with Crippen molar-refractivity contribution in [2.45, 2.75) is 25.3 Å². The normalized spacial score (nSPS) is 21.6. The Bertz CT molecular complexity index is 832. The van der Waals surface area contributed by atoms with E-state index >= 15 is 0 Å². The van der Waals surface area contributed by atoms with Crippen LogP contribution in [0.1, 0.15) is 19.3 Å². The van der Waals surface area contributed by atoms with Crippen molar-refractivity contribution in [3.8, 4) is 0 Å². The molecule has 2 fully saturated rings. The lowest BCUT2D eigenvalue weighted by Gasteiger charge is -2.38. The minimum Gasteiger partial charge on any atom is -0.418 e. The van der Waals surface area contributed by atoms with Gasteiger partial charge in [0.1, 0.15) is 11.3 Å². The van der Waals surface area contributed by atoms with Crippen molar-refractivity contribution in [2.24, 2.45) is 0 Å². The van der Waals surface area contributed by atoms with Crippen molar-refractivity contribution in [1.82, 2.24) is 4.90 Å². The zero-order chi connectivity index (χ0) is 16.0. The quantitative estimate of drug-likeness (QED) is 0.481. The Morgan fingerprint density at radius 1 is 1.22 bits per heavy atom. The van der Waals surface area contributed by atoms with Crippen LogP contribution in [-0.4, -0.2) is 35.6 Å². The lowest BCUT2D eigenvalue weighted by atomic mass is 10.1. The SMILES string of the molecule is O=c1oc2ccccc2c(N2CCC3CCCN3C2)c1[N+](=O)[O-]. The molecule has 1 aromatic carbocycles. The maximum absolute atomic E-state index is 12.1. The third-order valence-electron chi connectivity index (χ3n) is 4.84. The predicted molar refractivity (Wildman–Crippen MR) is 85.7 cm³/mol. The zero-order valence-corrected chi connectivity index (χ0v) is 12.6. The summed E-state index contributed by atoms with van der Waals surface area (Å²) in [5.74, 6) is 0. The maximum Gasteiger partial charge on any atom is 0.417 e. The van der Waals surface area contributed by atoms with E-state index in [1.807, 2.05) is 4.90 Å². The van der Waals surface area contributed by atoms with Gasteiger partial charge >= 0.3 is 11.3 Å². The molecule has 120 valence electrons. The smallest absolute Gasteiger partial charge is 0.417 e. The monoisotopic (exact) mass is 315 g/mol. The fourth-order valence-corrected chi connectivity index (χ4v) is 3.79. The molecular formula is C16H17N3O4. The van der Waals surface area contributed by atoms with Gasteiger partial charge in [-0.2, -0.15) is 0 Å². The zero-order valence-electron chi connectivity index (χ0n) is 12.6. The Kier molecular flexibility index (Phi) is 3.30. The highest BCUT2D eigenvalue weighted by atomic mass is 16.6. The van der Waals surface area contributed by atoms with Gasteiger partial charge < -0.3 is 9.32 Å². The van der Waals surface area contributed by atoms with Crippen LogP contribution >= 0.6 is 0 Å². The summed E-state index contributed by atoms with van der Waals surface area (Å²) < 4.78 is 5.13. The van der Waals surface area contributed by atoms with Crippen molar-refractivity contribution in [1.29, 1.82) is 0 Å². The molecule has 2 aliphatic rings. The highest BCUT2D eigenvalue weighted by molar-refractivity contribution is 5.94. The number of rotatable bonds is 2. The number of hydrogen-bond acceptors (Lipinski definition) is 6. The Morgan fingerprint density at radius 3 is 2.87 bits per heavy atom. The topological polar surface area (TPSA) is 79.8 Å². The van der Waals surface area contributed by atoms with Crippen molar-refractivity contribution < 1.29 is 9.34 Å². The van der Waals surface area contributed by atoms with Gasteiger partial charge in [0, 0.05) is 24.5 Å². The largest absolute Gasteiger partial charge is 0.418 e. The van der Waals surface area contributed by atoms with E-state index < -0.39 is 16.2 Å². The maximum atomic E-state index is 12.1. The molecule has 3 heterocycles. The number of anilines is 1. The van der Waals surface area contributed by atoms with E-state index in [1.54, 1.807) is 24.3 Å². The summed E-state index contributed by atoms with van der Waals surface area (Å²) >= 11 is 0. The standard InChI is InChI=1S/C16H17N3O4/c20-16-15(19(21)22)14(12-5-1-2-6-13(12)23-16)18-9-7-11-4-3-8-17(11)10-18/h1-2,5-6,11H,3-4,7-10H2. The minimum atomic E-state index is -0.882. The first kappa shape index (κ1) is 14.2. The lowest BCUT2D eigenvalue weighted by molar-refractivity contribution is -0.386. The number of benzene rings is 1. The fraction of sp³-hybridized carbons (Fsp3) is 0.438. The van der Waals surface area contributed by atoms with Crippen LogP contribution in [0.5, 0.6) is 0 Å². The number of fused-ring (bicyclic) bond motifs is 2. The van der Waals surface area contributed by atoms with E-state index in [0.29, 0.717) is 29.4 Å². The van der Waals surface area contributed by atoms with Crippen LogP contribution in [0.3, 0.4) is 0 Å². The van der Waals surface area contributed by atoms with Crippen LogP contribution in [-0.2, 0) is 0 Å². The molecule has 7 heteroatoms.